The number of hydrogen-bond donors (Lipinski definition) is 1. The zero-order chi connectivity index (χ0) is 13.8. The number of ether oxygens (including phenoxy) is 2. The first-order valence-electron chi connectivity index (χ1n) is 5.90. The van der Waals surface area contributed by atoms with Gasteiger partial charge in [-0.2, -0.15) is 0 Å². The van der Waals surface area contributed by atoms with E-state index in [2.05, 4.69) is 0 Å². The Hall–Kier alpha value is -1.71. The molecule has 2 aromatic rings. The van der Waals surface area contributed by atoms with Crippen LogP contribution < -0.4 is 15.2 Å². The van der Waals surface area contributed by atoms with Crippen molar-refractivity contribution >= 4 is 11.6 Å². The molecule has 0 aliphatic heterocycles. The van der Waals surface area contributed by atoms with Gasteiger partial charge in [0.05, 0.1) is 14.2 Å². The molecular formula is C15H16ClNO2. The van der Waals surface area contributed by atoms with Gasteiger partial charge >= 0.3 is 0 Å². The van der Waals surface area contributed by atoms with Gasteiger partial charge in [0, 0.05) is 11.6 Å². The van der Waals surface area contributed by atoms with Gasteiger partial charge < -0.3 is 15.2 Å². The smallest absolute Gasteiger partial charge is 0.161 e. The lowest BCUT2D eigenvalue weighted by Gasteiger charge is -2.10. The first-order chi connectivity index (χ1) is 9.19. The maximum absolute atomic E-state index is 6.18. The zero-order valence-electron chi connectivity index (χ0n) is 10.9. The van der Waals surface area contributed by atoms with E-state index in [1.165, 1.54) is 0 Å². The van der Waals surface area contributed by atoms with Gasteiger partial charge in [0.25, 0.3) is 0 Å². The maximum atomic E-state index is 6.18. The van der Waals surface area contributed by atoms with Crippen LogP contribution in [0.3, 0.4) is 0 Å². The van der Waals surface area contributed by atoms with E-state index in [1.54, 1.807) is 14.2 Å². The van der Waals surface area contributed by atoms with Crippen molar-refractivity contribution in [3.63, 3.8) is 0 Å². The largest absolute Gasteiger partial charge is 0.493 e. The molecule has 19 heavy (non-hydrogen) atoms. The zero-order valence-corrected chi connectivity index (χ0v) is 11.7. The Morgan fingerprint density at radius 2 is 1.58 bits per heavy atom. The molecule has 0 unspecified atom stereocenters. The number of rotatable bonds is 4. The van der Waals surface area contributed by atoms with Gasteiger partial charge in [0.15, 0.2) is 11.5 Å². The molecular weight excluding hydrogens is 262 g/mol. The first-order valence-corrected chi connectivity index (χ1v) is 6.28. The Labute approximate surface area is 117 Å². The molecule has 0 aromatic heterocycles. The van der Waals surface area contributed by atoms with Crippen LogP contribution in [0.2, 0.25) is 5.02 Å². The van der Waals surface area contributed by atoms with E-state index in [-0.39, 0.29) is 0 Å². The van der Waals surface area contributed by atoms with E-state index in [1.807, 2.05) is 36.4 Å². The van der Waals surface area contributed by atoms with Crippen LogP contribution >= 0.6 is 11.6 Å². The van der Waals surface area contributed by atoms with Gasteiger partial charge in [-0.25, -0.2) is 0 Å². The Morgan fingerprint density at radius 1 is 0.947 bits per heavy atom. The van der Waals surface area contributed by atoms with Crippen molar-refractivity contribution in [3.05, 3.63) is 47.0 Å². The molecule has 0 fully saturated rings. The third-order valence-corrected chi connectivity index (χ3v) is 3.34. The van der Waals surface area contributed by atoms with Gasteiger partial charge in [-0.15, -0.1) is 0 Å². The summed E-state index contributed by atoms with van der Waals surface area (Å²) in [4.78, 5) is 0. The summed E-state index contributed by atoms with van der Waals surface area (Å²) < 4.78 is 10.5. The molecule has 0 spiro atoms. The second-order valence-corrected chi connectivity index (χ2v) is 4.49. The van der Waals surface area contributed by atoms with Crippen LogP contribution in [0.1, 0.15) is 5.56 Å². The topological polar surface area (TPSA) is 44.5 Å². The quantitative estimate of drug-likeness (QED) is 0.930. The summed E-state index contributed by atoms with van der Waals surface area (Å²) in [7, 11) is 3.23. The van der Waals surface area contributed by atoms with Crippen LogP contribution in [-0.4, -0.2) is 14.2 Å². The predicted octanol–water partition coefficient (Wildman–Crippen LogP) is 3.48. The highest BCUT2D eigenvalue weighted by Crippen LogP contribution is 2.33. The number of benzene rings is 2. The molecule has 0 aliphatic rings. The fraction of sp³-hybridized carbons (Fsp3) is 0.200. The van der Waals surface area contributed by atoms with Crippen molar-refractivity contribution in [2.75, 3.05) is 14.2 Å². The summed E-state index contributed by atoms with van der Waals surface area (Å²) >= 11 is 6.18. The lowest BCUT2D eigenvalue weighted by atomic mass is 10.0. The summed E-state index contributed by atoms with van der Waals surface area (Å²) in [5.41, 5.74) is 8.57. The van der Waals surface area contributed by atoms with Crippen molar-refractivity contribution in [3.8, 4) is 22.6 Å². The molecule has 2 rings (SSSR count). The monoisotopic (exact) mass is 277 g/mol. The second-order valence-electron chi connectivity index (χ2n) is 4.08. The van der Waals surface area contributed by atoms with Crippen LogP contribution in [0.5, 0.6) is 11.5 Å². The maximum Gasteiger partial charge on any atom is 0.161 e. The van der Waals surface area contributed by atoms with Gasteiger partial charge in [0.1, 0.15) is 0 Å². The van der Waals surface area contributed by atoms with Crippen molar-refractivity contribution in [2.24, 2.45) is 5.73 Å². The summed E-state index contributed by atoms with van der Waals surface area (Å²) in [5.74, 6) is 1.40. The molecule has 0 radical (unpaired) electrons. The van der Waals surface area contributed by atoms with Gasteiger partial charge in [-0.3, -0.25) is 0 Å². The molecule has 0 bridgehead atoms. The molecule has 0 amide bonds. The summed E-state index contributed by atoms with van der Waals surface area (Å²) in [5, 5.41) is 0.676. The Balaban J connectivity index is 2.44. The minimum absolute atomic E-state index is 0.436. The average Bonchev–Trinajstić information content (AvgIpc) is 2.46. The van der Waals surface area contributed by atoms with Crippen LogP contribution in [0.15, 0.2) is 36.4 Å². The van der Waals surface area contributed by atoms with Crippen molar-refractivity contribution in [1.29, 1.82) is 0 Å². The fourth-order valence-corrected chi connectivity index (χ4v) is 2.17. The number of halogens is 1. The molecule has 4 heteroatoms. The fourth-order valence-electron chi connectivity index (χ4n) is 1.91. The van der Waals surface area contributed by atoms with E-state index in [0.717, 1.165) is 16.7 Å². The minimum atomic E-state index is 0.436. The minimum Gasteiger partial charge on any atom is -0.493 e. The summed E-state index contributed by atoms with van der Waals surface area (Å²) in [6.07, 6.45) is 0. The second kappa shape index (κ2) is 5.95. The standard InChI is InChI=1S/C15H16ClNO2/c1-18-14-6-5-11(8-15(14)19-2)10-3-4-12(9-17)13(16)7-10/h3-8H,9,17H2,1-2H3. The van der Waals surface area contributed by atoms with Crippen LogP contribution in [0, 0.1) is 0 Å². The van der Waals surface area contributed by atoms with Crippen molar-refractivity contribution in [1.82, 2.24) is 0 Å². The van der Waals surface area contributed by atoms with Crippen LogP contribution in [0.25, 0.3) is 11.1 Å². The lowest BCUT2D eigenvalue weighted by Crippen LogP contribution is -1.97. The molecule has 0 saturated heterocycles. The van der Waals surface area contributed by atoms with Crippen molar-refractivity contribution < 1.29 is 9.47 Å². The highest BCUT2D eigenvalue weighted by Gasteiger charge is 2.07. The summed E-state index contributed by atoms with van der Waals surface area (Å²) in [6, 6.07) is 11.6. The molecule has 2 aromatic carbocycles. The molecule has 2 N–H and O–H groups in total. The number of hydrogen-bond acceptors (Lipinski definition) is 3. The van der Waals surface area contributed by atoms with E-state index >= 15 is 0 Å². The Bertz CT molecular complexity index is 584. The molecule has 100 valence electrons. The number of methoxy groups -OCH3 is 2. The van der Waals surface area contributed by atoms with Crippen molar-refractivity contribution in [2.45, 2.75) is 6.54 Å². The average molecular weight is 278 g/mol. The molecule has 0 saturated carbocycles. The highest BCUT2D eigenvalue weighted by atomic mass is 35.5. The van der Waals surface area contributed by atoms with E-state index in [0.29, 0.717) is 23.1 Å². The third-order valence-electron chi connectivity index (χ3n) is 2.99. The van der Waals surface area contributed by atoms with Crippen LogP contribution in [0.4, 0.5) is 0 Å². The Kier molecular flexibility index (Phi) is 4.30. The van der Waals surface area contributed by atoms with Gasteiger partial charge in [-0.1, -0.05) is 29.8 Å². The molecule has 3 nitrogen and oxygen atoms in total. The number of nitrogens with two attached hydrogens (primary N) is 1. The first kappa shape index (κ1) is 13.7. The Morgan fingerprint density at radius 3 is 2.16 bits per heavy atom. The molecule has 0 aliphatic carbocycles. The highest BCUT2D eigenvalue weighted by molar-refractivity contribution is 6.31. The third kappa shape index (κ3) is 2.83. The predicted molar refractivity (Wildman–Crippen MR) is 77.9 cm³/mol. The lowest BCUT2D eigenvalue weighted by molar-refractivity contribution is 0.355. The summed E-state index contributed by atoms with van der Waals surface area (Å²) in [6.45, 7) is 0.436. The SMILES string of the molecule is COc1ccc(-c2ccc(CN)c(Cl)c2)cc1OC. The van der Waals surface area contributed by atoms with Crippen LogP contribution in [-0.2, 0) is 6.54 Å². The van der Waals surface area contributed by atoms with E-state index in [4.69, 9.17) is 26.8 Å². The molecule has 0 heterocycles. The molecule has 0 atom stereocenters. The normalized spacial score (nSPS) is 10.3. The van der Waals surface area contributed by atoms with Gasteiger partial charge in [-0.05, 0) is 34.9 Å². The van der Waals surface area contributed by atoms with E-state index in [9.17, 15) is 0 Å². The van der Waals surface area contributed by atoms with Gasteiger partial charge in [0.2, 0.25) is 0 Å². The van der Waals surface area contributed by atoms with E-state index < -0.39 is 0 Å².